The molecular weight excluding hydrogens is 350 g/mol. The Kier molecular flexibility index (Phi) is 21.5. The number of Topliss-reactive ketones (excluding diaryl/α,β-unsaturated/α-hetero) is 1. The van der Waals surface area contributed by atoms with E-state index in [2.05, 4.69) is 19.2 Å². The molecule has 0 bridgehead atoms. The number of ketones is 1. The van der Waals surface area contributed by atoms with Crippen LogP contribution in [0.5, 0.6) is 0 Å². The van der Waals surface area contributed by atoms with Gasteiger partial charge in [-0.2, -0.15) is 5.26 Å². The van der Waals surface area contributed by atoms with Crippen LogP contribution in [-0.2, 0) is 14.3 Å². The first-order valence-corrected chi connectivity index (χ1v) is 10.5. The van der Waals surface area contributed by atoms with Gasteiger partial charge in [0.15, 0.2) is 12.1 Å². The Morgan fingerprint density at radius 1 is 1.19 bits per heavy atom. The highest BCUT2D eigenvalue weighted by Crippen LogP contribution is 2.33. The number of aliphatic hydroxyl groups is 1. The van der Waals surface area contributed by atoms with E-state index in [4.69, 9.17) is 19.8 Å². The quantitative estimate of drug-likeness (QED) is 0.322. The summed E-state index contributed by atoms with van der Waals surface area (Å²) in [6.45, 7) is 13.5. The summed E-state index contributed by atoms with van der Waals surface area (Å²) in [4.78, 5) is 11.3. The zero-order chi connectivity index (χ0) is 20.2. The maximum Gasteiger partial charge on any atom is 0.160 e. The van der Waals surface area contributed by atoms with Gasteiger partial charge in [-0.25, -0.2) is 0 Å². The lowest BCUT2D eigenvalue weighted by Crippen LogP contribution is -2.16. The molecule has 6 heteroatoms. The fraction of sp³-hybridized carbons (Fsp3) is 0.800. The van der Waals surface area contributed by atoms with E-state index in [9.17, 15) is 4.79 Å². The number of hydrogen-bond donors (Lipinski definition) is 1. The van der Waals surface area contributed by atoms with Crippen molar-refractivity contribution in [2.45, 2.75) is 70.8 Å². The van der Waals surface area contributed by atoms with Crippen molar-refractivity contribution in [1.29, 1.82) is 5.26 Å². The Balaban J connectivity index is 0. The van der Waals surface area contributed by atoms with Crippen molar-refractivity contribution in [2.24, 2.45) is 5.92 Å². The molecule has 0 saturated carbocycles. The third-order valence-electron chi connectivity index (χ3n) is 3.75. The Morgan fingerprint density at radius 2 is 1.73 bits per heavy atom. The first-order valence-electron chi connectivity index (χ1n) is 9.48. The SMILES string of the molecule is C=C.CCOC(C)OCC.N#CC1C(=O)CSC1CCCCCCCO. The topological polar surface area (TPSA) is 79.5 Å². The van der Waals surface area contributed by atoms with Crippen LogP contribution in [0.1, 0.15) is 59.3 Å². The lowest BCUT2D eigenvalue weighted by Gasteiger charge is -2.10. The van der Waals surface area contributed by atoms with Gasteiger partial charge in [-0.3, -0.25) is 4.79 Å². The average molecular weight is 388 g/mol. The molecule has 1 aliphatic rings. The summed E-state index contributed by atoms with van der Waals surface area (Å²) in [7, 11) is 0. The molecule has 0 aliphatic carbocycles. The number of ether oxygens (including phenoxy) is 2. The molecule has 1 heterocycles. The molecule has 152 valence electrons. The maximum absolute atomic E-state index is 11.3. The van der Waals surface area contributed by atoms with Crippen molar-refractivity contribution < 1.29 is 19.4 Å². The Hall–Kier alpha value is -0.870. The summed E-state index contributed by atoms with van der Waals surface area (Å²) in [5, 5.41) is 17.7. The van der Waals surface area contributed by atoms with Gasteiger partial charge in [0.2, 0.25) is 0 Å². The van der Waals surface area contributed by atoms with Gasteiger partial charge in [0.1, 0.15) is 5.92 Å². The van der Waals surface area contributed by atoms with Crippen molar-refractivity contribution in [3.05, 3.63) is 13.2 Å². The van der Waals surface area contributed by atoms with E-state index >= 15 is 0 Å². The molecule has 0 aromatic carbocycles. The van der Waals surface area contributed by atoms with Gasteiger partial charge in [0.05, 0.1) is 11.8 Å². The standard InChI is InChI=1S/C12H19NO2S.C6H14O2.C2H4/c13-8-10-11(15)9-16-12(10)6-4-2-1-3-5-7-14;1-4-7-6(3)8-5-2;1-2/h10,12,14H,1-7,9H2;6H,4-5H2,1-3H3;1-2H2. The minimum atomic E-state index is -0.359. The number of nitriles is 1. The first-order chi connectivity index (χ1) is 12.6. The number of carbonyl (C=O) groups excluding carboxylic acids is 1. The molecular formula is C20H37NO4S. The van der Waals surface area contributed by atoms with Crippen LogP contribution in [0.15, 0.2) is 13.2 Å². The van der Waals surface area contributed by atoms with Gasteiger partial charge in [-0.1, -0.05) is 25.7 Å². The summed E-state index contributed by atoms with van der Waals surface area (Å²) in [6.07, 6.45) is 6.28. The van der Waals surface area contributed by atoms with Gasteiger partial charge in [0.25, 0.3) is 0 Å². The molecule has 0 aromatic heterocycles. The summed E-state index contributed by atoms with van der Waals surface area (Å²) in [5.41, 5.74) is 0. The van der Waals surface area contributed by atoms with Crippen molar-refractivity contribution in [1.82, 2.24) is 0 Å². The first kappa shape index (κ1) is 27.3. The summed E-state index contributed by atoms with van der Waals surface area (Å²) >= 11 is 1.64. The molecule has 2 unspecified atom stereocenters. The van der Waals surface area contributed by atoms with E-state index in [1.807, 2.05) is 20.8 Å². The summed E-state index contributed by atoms with van der Waals surface area (Å²) in [5.74, 6) is 0.271. The fourth-order valence-corrected chi connectivity index (χ4v) is 3.79. The second-order valence-electron chi connectivity index (χ2n) is 5.68. The highest BCUT2D eigenvalue weighted by Gasteiger charge is 2.34. The van der Waals surface area contributed by atoms with Crippen LogP contribution in [0.3, 0.4) is 0 Å². The molecule has 26 heavy (non-hydrogen) atoms. The normalized spacial score (nSPS) is 18.5. The fourth-order valence-electron chi connectivity index (χ4n) is 2.49. The van der Waals surface area contributed by atoms with Crippen molar-refractivity contribution in [3.8, 4) is 6.07 Å². The lowest BCUT2D eigenvalue weighted by atomic mass is 9.98. The second-order valence-corrected chi connectivity index (χ2v) is 6.91. The van der Waals surface area contributed by atoms with E-state index in [1.165, 1.54) is 0 Å². The average Bonchev–Trinajstić information content (AvgIpc) is 3.00. The van der Waals surface area contributed by atoms with Crippen LogP contribution in [-0.4, -0.2) is 48.0 Å². The molecule has 1 rings (SSSR count). The number of rotatable bonds is 11. The Labute approximate surface area is 164 Å². The number of hydrogen-bond acceptors (Lipinski definition) is 6. The third-order valence-corrected chi connectivity index (χ3v) is 5.13. The van der Waals surface area contributed by atoms with Crippen LogP contribution >= 0.6 is 11.8 Å². The van der Waals surface area contributed by atoms with Crippen LogP contribution in [0.2, 0.25) is 0 Å². The van der Waals surface area contributed by atoms with E-state index in [-0.39, 0.29) is 29.8 Å². The molecule has 0 aromatic rings. The van der Waals surface area contributed by atoms with Gasteiger partial charge < -0.3 is 14.6 Å². The molecule has 0 spiro atoms. The predicted octanol–water partition coefficient (Wildman–Crippen LogP) is 4.35. The van der Waals surface area contributed by atoms with Crippen molar-refractivity contribution in [2.75, 3.05) is 25.6 Å². The number of carbonyl (C=O) groups is 1. The monoisotopic (exact) mass is 387 g/mol. The molecule has 5 nitrogen and oxygen atoms in total. The lowest BCUT2D eigenvalue weighted by molar-refractivity contribution is -0.123. The van der Waals surface area contributed by atoms with Gasteiger partial charge in [0, 0.05) is 25.1 Å². The largest absolute Gasteiger partial charge is 0.396 e. The molecule has 2 atom stereocenters. The van der Waals surface area contributed by atoms with Gasteiger partial charge in [-0.05, 0) is 33.6 Å². The minimum absolute atomic E-state index is 0.0370. The number of aliphatic hydroxyl groups excluding tert-OH is 1. The Bertz CT molecular complexity index is 367. The number of unbranched alkanes of at least 4 members (excludes halogenated alkanes) is 4. The van der Waals surface area contributed by atoms with E-state index in [0.29, 0.717) is 5.75 Å². The van der Waals surface area contributed by atoms with E-state index in [1.54, 1.807) is 11.8 Å². The maximum atomic E-state index is 11.3. The predicted molar refractivity (Wildman–Crippen MR) is 109 cm³/mol. The minimum Gasteiger partial charge on any atom is -0.396 e. The number of nitrogens with zero attached hydrogens (tertiary/aromatic N) is 1. The van der Waals surface area contributed by atoms with Gasteiger partial charge in [-0.15, -0.1) is 24.9 Å². The zero-order valence-corrected chi connectivity index (χ0v) is 17.6. The van der Waals surface area contributed by atoms with Crippen LogP contribution in [0.4, 0.5) is 0 Å². The smallest absolute Gasteiger partial charge is 0.160 e. The third kappa shape index (κ3) is 14.3. The van der Waals surface area contributed by atoms with Crippen molar-refractivity contribution in [3.63, 3.8) is 0 Å². The molecule has 1 saturated heterocycles. The Morgan fingerprint density at radius 3 is 2.23 bits per heavy atom. The molecule has 1 aliphatic heterocycles. The summed E-state index contributed by atoms with van der Waals surface area (Å²) in [6, 6.07) is 2.12. The second kappa shape index (κ2) is 20.4. The summed E-state index contributed by atoms with van der Waals surface area (Å²) < 4.78 is 10.1. The van der Waals surface area contributed by atoms with E-state index in [0.717, 1.165) is 51.7 Å². The zero-order valence-electron chi connectivity index (χ0n) is 16.7. The molecule has 1 fully saturated rings. The van der Waals surface area contributed by atoms with Crippen LogP contribution in [0.25, 0.3) is 0 Å². The van der Waals surface area contributed by atoms with E-state index < -0.39 is 0 Å². The highest BCUT2D eigenvalue weighted by molar-refractivity contribution is 8.01. The van der Waals surface area contributed by atoms with Gasteiger partial charge >= 0.3 is 0 Å². The molecule has 0 amide bonds. The van der Waals surface area contributed by atoms with Crippen LogP contribution in [0, 0.1) is 17.2 Å². The highest BCUT2D eigenvalue weighted by atomic mass is 32.2. The number of thioether (sulfide) groups is 1. The van der Waals surface area contributed by atoms with Crippen molar-refractivity contribution >= 4 is 17.5 Å². The molecule has 1 N–H and O–H groups in total. The van der Waals surface area contributed by atoms with Crippen LogP contribution < -0.4 is 0 Å². The molecule has 0 radical (unpaired) electrons.